The van der Waals surface area contributed by atoms with Gasteiger partial charge in [0.1, 0.15) is 16.7 Å². The van der Waals surface area contributed by atoms with E-state index in [0.717, 1.165) is 30.0 Å². The molecule has 2 aromatic rings. The smallest absolute Gasteiger partial charge is 0.356 e. The number of rotatable bonds is 3. The Labute approximate surface area is 105 Å². The molecule has 0 aliphatic heterocycles. The molecule has 0 saturated carbocycles. The summed E-state index contributed by atoms with van der Waals surface area (Å²) < 4.78 is 26.3. The third-order valence-corrected chi connectivity index (χ3v) is 2.93. The lowest BCUT2D eigenvalue weighted by Gasteiger charge is -2.02. The number of carboxylic acids is 1. The van der Waals surface area contributed by atoms with Crippen LogP contribution in [-0.4, -0.2) is 21.3 Å². The lowest BCUT2D eigenvalue weighted by atomic mass is 10.3. The van der Waals surface area contributed by atoms with Crippen LogP contribution in [0.4, 0.5) is 8.78 Å². The molecule has 0 atom stereocenters. The zero-order valence-electron chi connectivity index (χ0n) is 8.80. The predicted molar refractivity (Wildman–Crippen MR) is 59.5 cm³/mol. The normalized spacial score (nSPS) is 10.3. The maximum atomic E-state index is 13.3. The first-order valence-corrected chi connectivity index (χ1v) is 5.58. The first kappa shape index (κ1) is 12.4. The van der Waals surface area contributed by atoms with Crippen molar-refractivity contribution in [1.82, 2.24) is 10.2 Å². The lowest BCUT2D eigenvalue weighted by molar-refractivity contribution is 0.0689. The number of hydrogen-bond acceptors (Lipinski definition) is 4. The fraction of sp³-hybridized carbons (Fsp3) is 0. The van der Waals surface area contributed by atoms with Gasteiger partial charge >= 0.3 is 5.97 Å². The summed E-state index contributed by atoms with van der Waals surface area (Å²) in [6.45, 7) is 0. The molecule has 7 heteroatoms. The molecule has 1 N–H and O–H groups in total. The molecule has 2 rings (SSSR count). The van der Waals surface area contributed by atoms with E-state index in [2.05, 4.69) is 10.2 Å². The summed E-state index contributed by atoms with van der Waals surface area (Å²) in [6, 6.07) is 5.68. The van der Waals surface area contributed by atoms with Crippen LogP contribution in [0.15, 0.2) is 40.3 Å². The van der Waals surface area contributed by atoms with Crippen LogP contribution in [-0.2, 0) is 0 Å². The molecule has 0 unspecified atom stereocenters. The van der Waals surface area contributed by atoms with E-state index in [1.165, 1.54) is 12.1 Å². The topological polar surface area (TPSA) is 63.1 Å². The molecule has 0 aliphatic carbocycles. The van der Waals surface area contributed by atoms with Crippen LogP contribution in [0.25, 0.3) is 0 Å². The van der Waals surface area contributed by atoms with Gasteiger partial charge in [-0.25, -0.2) is 13.6 Å². The largest absolute Gasteiger partial charge is 0.476 e. The molecule has 18 heavy (non-hydrogen) atoms. The highest BCUT2D eigenvalue weighted by molar-refractivity contribution is 7.99. The number of carbonyl (C=O) groups is 1. The van der Waals surface area contributed by atoms with Gasteiger partial charge in [-0.05, 0) is 30.3 Å². The summed E-state index contributed by atoms with van der Waals surface area (Å²) in [7, 11) is 0. The summed E-state index contributed by atoms with van der Waals surface area (Å²) in [4.78, 5) is 10.6. The molecule has 1 aromatic carbocycles. The number of aromatic carboxylic acids is 1. The van der Waals surface area contributed by atoms with Gasteiger partial charge in [0.05, 0.1) is 4.90 Å². The quantitative estimate of drug-likeness (QED) is 0.927. The van der Waals surface area contributed by atoms with E-state index < -0.39 is 17.6 Å². The number of benzene rings is 1. The Kier molecular flexibility index (Phi) is 3.52. The van der Waals surface area contributed by atoms with Gasteiger partial charge in [-0.2, -0.15) is 0 Å². The fourth-order valence-corrected chi connectivity index (χ4v) is 1.94. The van der Waals surface area contributed by atoms with E-state index in [4.69, 9.17) is 5.11 Å². The molecule has 1 heterocycles. The van der Waals surface area contributed by atoms with Gasteiger partial charge in [-0.3, -0.25) is 0 Å². The summed E-state index contributed by atoms with van der Waals surface area (Å²) in [5.41, 5.74) is -0.209. The molecule has 0 radical (unpaired) electrons. The van der Waals surface area contributed by atoms with Gasteiger partial charge in [-0.1, -0.05) is 11.8 Å². The third kappa shape index (κ3) is 2.80. The van der Waals surface area contributed by atoms with Crippen molar-refractivity contribution in [3.63, 3.8) is 0 Å². The van der Waals surface area contributed by atoms with E-state index in [1.807, 2.05) is 0 Å². The van der Waals surface area contributed by atoms with Crippen molar-refractivity contribution in [3.05, 3.63) is 47.7 Å². The van der Waals surface area contributed by atoms with Crippen LogP contribution < -0.4 is 0 Å². The van der Waals surface area contributed by atoms with Crippen LogP contribution in [0.2, 0.25) is 0 Å². The maximum Gasteiger partial charge on any atom is 0.356 e. The number of aromatic nitrogens is 2. The van der Waals surface area contributed by atoms with Crippen LogP contribution in [0, 0.1) is 11.6 Å². The van der Waals surface area contributed by atoms with Crippen LogP contribution >= 0.6 is 11.8 Å². The Bertz CT molecular complexity index is 590. The monoisotopic (exact) mass is 268 g/mol. The van der Waals surface area contributed by atoms with Crippen LogP contribution in [0.3, 0.4) is 0 Å². The molecule has 0 saturated heterocycles. The molecule has 0 aliphatic rings. The van der Waals surface area contributed by atoms with E-state index in [-0.39, 0.29) is 15.6 Å². The summed E-state index contributed by atoms with van der Waals surface area (Å²) in [5.74, 6) is -2.34. The van der Waals surface area contributed by atoms with Gasteiger partial charge in [-0.15, -0.1) is 10.2 Å². The van der Waals surface area contributed by atoms with Gasteiger partial charge in [0.2, 0.25) is 0 Å². The second-order valence-electron chi connectivity index (χ2n) is 3.24. The highest BCUT2D eigenvalue weighted by atomic mass is 32.2. The third-order valence-electron chi connectivity index (χ3n) is 1.97. The first-order valence-electron chi connectivity index (χ1n) is 4.76. The van der Waals surface area contributed by atoms with E-state index in [0.29, 0.717) is 0 Å². The Morgan fingerprint density at radius 1 is 1.17 bits per heavy atom. The number of hydrogen-bond donors (Lipinski definition) is 1. The highest BCUT2D eigenvalue weighted by Crippen LogP contribution is 2.28. The van der Waals surface area contributed by atoms with Gasteiger partial charge in [0.15, 0.2) is 5.69 Å². The van der Waals surface area contributed by atoms with Crippen molar-refractivity contribution in [2.24, 2.45) is 0 Å². The second kappa shape index (κ2) is 5.09. The Balaban J connectivity index is 2.23. The molecule has 1 aromatic heterocycles. The fourth-order valence-electron chi connectivity index (χ4n) is 1.16. The molecular weight excluding hydrogens is 262 g/mol. The summed E-state index contributed by atoms with van der Waals surface area (Å²) in [5, 5.41) is 16.0. The van der Waals surface area contributed by atoms with Gasteiger partial charge < -0.3 is 5.11 Å². The summed E-state index contributed by atoms with van der Waals surface area (Å²) >= 11 is 0.867. The average molecular weight is 268 g/mol. The molecule has 0 fully saturated rings. The zero-order chi connectivity index (χ0) is 13.1. The zero-order valence-corrected chi connectivity index (χ0v) is 9.62. The second-order valence-corrected chi connectivity index (χ2v) is 4.30. The van der Waals surface area contributed by atoms with E-state index in [1.54, 1.807) is 0 Å². The number of carboxylic acid groups (broad SMARTS) is 1. The molecule has 0 amide bonds. The van der Waals surface area contributed by atoms with Crippen molar-refractivity contribution in [1.29, 1.82) is 0 Å². The average Bonchev–Trinajstić information content (AvgIpc) is 2.34. The molecule has 0 spiro atoms. The lowest BCUT2D eigenvalue weighted by Crippen LogP contribution is -2.01. The number of nitrogens with zero attached hydrogens (tertiary/aromatic N) is 2. The molecule has 4 nitrogen and oxygen atoms in total. The van der Waals surface area contributed by atoms with Gasteiger partial charge in [0, 0.05) is 0 Å². The predicted octanol–water partition coefficient (Wildman–Crippen LogP) is 2.60. The van der Waals surface area contributed by atoms with E-state index in [9.17, 15) is 13.6 Å². The van der Waals surface area contributed by atoms with Crippen molar-refractivity contribution in [3.8, 4) is 0 Å². The minimum absolute atomic E-state index is 0.0624. The minimum atomic E-state index is -1.20. The molecular formula is C11H6F2N2O2S. The van der Waals surface area contributed by atoms with Crippen molar-refractivity contribution < 1.29 is 18.7 Å². The molecule has 92 valence electrons. The SMILES string of the molecule is O=C(O)c1ccc(Sc2cc(F)ccc2F)nn1. The Morgan fingerprint density at radius 3 is 2.56 bits per heavy atom. The maximum absolute atomic E-state index is 13.3. The van der Waals surface area contributed by atoms with Gasteiger partial charge in [0.25, 0.3) is 0 Å². The van der Waals surface area contributed by atoms with Crippen molar-refractivity contribution in [2.45, 2.75) is 9.92 Å². The molecule has 0 bridgehead atoms. The van der Waals surface area contributed by atoms with Crippen molar-refractivity contribution >= 4 is 17.7 Å². The van der Waals surface area contributed by atoms with E-state index >= 15 is 0 Å². The minimum Gasteiger partial charge on any atom is -0.476 e. The Hall–Kier alpha value is -2.02. The standard InChI is InChI=1S/C11H6F2N2O2S/c12-6-1-2-7(13)9(5-6)18-10-4-3-8(11(16)17)14-15-10/h1-5H,(H,16,17). The van der Waals surface area contributed by atoms with Crippen molar-refractivity contribution in [2.75, 3.05) is 0 Å². The summed E-state index contributed by atoms with van der Waals surface area (Å²) in [6.07, 6.45) is 0. The first-order chi connectivity index (χ1) is 8.56. The van der Waals surface area contributed by atoms with Crippen LogP contribution in [0.5, 0.6) is 0 Å². The highest BCUT2D eigenvalue weighted by Gasteiger charge is 2.09. The number of halogens is 2. The van der Waals surface area contributed by atoms with Crippen LogP contribution in [0.1, 0.15) is 10.5 Å². The Morgan fingerprint density at radius 2 is 1.94 bits per heavy atom.